The van der Waals surface area contributed by atoms with Crippen LogP contribution in [-0.4, -0.2) is 78.8 Å². The van der Waals surface area contributed by atoms with E-state index in [4.69, 9.17) is 31.2 Å². The zero-order valence-corrected chi connectivity index (χ0v) is 41.5. The van der Waals surface area contributed by atoms with E-state index < -0.39 is 11.9 Å². The second-order valence-corrected chi connectivity index (χ2v) is 16.4. The lowest BCUT2D eigenvalue weighted by molar-refractivity contribution is 0.0686. The molecule has 0 saturated carbocycles. The van der Waals surface area contributed by atoms with Gasteiger partial charge in [0.05, 0.1) is 17.5 Å². The number of carboxylic acids is 2. The Bertz CT molecular complexity index is 3470. The van der Waals surface area contributed by atoms with Gasteiger partial charge in [0.15, 0.2) is 11.5 Å². The number of fused-ring (bicyclic) bond motifs is 1. The van der Waals surface area contributed by atoms with Crippen molar-refractivity contribution in [1.82, 2.24) is 44.9 Å². The van der Waals surface area contributed by atoms with E-state index in [1.165, 1.54) is 54.9 Å². The van der Waals surface area contributed by atoms with Gasteiger partial charge < -0.3 is 41.5 Å². The van der Waals surface area contributed by atoms with Gasteiger partial charge in [-0.15, -0.1) is 0 Å². The molecule has 6 aromatic carbocycles. The molecular weight excluding hydrogens is 983 g/mol. The number of imidazole rings is 1. The summed E-state index contributed by atoms with van der Waals surface area (Å²) in [6, 6.07) is 47.4. The van der Waals surface area contributed by atoms with Gasteiger partial charge in [0, 0.05) is 28.5 Å². The van der Waals surface area contributed by atoms with Crippen molar-refractivity contribution in [2.75, 3.05) is 22.1 Å². The predicted molar refractivity (Wildman–Crippen MR) is 288 cm³/mol. The maximum atomic E-state index is 12.4. The first kappa shape index (κ1) is 53.8. The summed E-state index contributed by atoms with van der Waals surface area (Å²) in [5.74, 6) is 0.137. The number of nitrogens with zero attached hydrogens (tertiary/aromatic N) is 8. The molecule has 2 amide bonds. The quantitative estimate of drug-likeness (QED) is 0.0599. The van der Waals surface area contributed by atoms with Crippen molar-refractivity contribution in [2.45, 2.75) is 27.4 Å². The second-order valence-electron chi connectivity index (χ2n) is 16.4. The van der Waals surface area contributed by atoms with Gasteiger partial charge in [0.1, 0.15) is 35.8 Å². The van der Waals surface area contributed by atoms with E-state index in [1.54, 1.807) is 43.6 Å². The minimum Gasteiger partial charge on any atom is -0.478 e. The van der Waals surface area contributed by atoms with Crippen molar-refractivity contribution < 1.29 is 38.9 Å². The minimum atomic E-state index is -1.00. The number of aromatic nitrogens is 9. The fourth-order valence-electron chi connectivity index (χ4n) is 6.79. The van der Waals surface area contributed by atoms with Crippen LogP contribution in [0.2, 0.25) is 0 Å². The summed E-state index contributed by atoms with van der Waals surface area (Å²) < 4.78 is 11.1. The number of hydrogen-bond acceptors (Lipinski definition) is 16. The van der Waals surface area contributed by atoms with Gasteiger partial charge in [-0.25, -0.2) is 24.5 Å². The molecule has 21 heteroatoms. The third-order valence-corrected chi connectivity index (χ3v) is 10.4. The van der Waals surface area contributed by atoms with Gasteiger partial charge in [0.25, 0.3) is 11.8 Å². The molecular formula is C56H49N13O8. The third kappa shape index (κ3) is 16.3. The SMILES string of the molecule is Cc1cccc(C(=O)Nc2cc(C)nc(NC(=O)c3cccc(C)c3)n2)c1.Nc1nc(N)nc(-c2ccccc2)n1.O=C(O)c1ccc(Oc2ccc(C(=O)O)cc2)cc1.c1ccc(COc2ncnc3nc[nH]c23)cc1. The topological polar surface area (TPSA) is 322 Å². The molecule has 21 nitrogen and oxygen atoms in total. The number of aromatic carboxylic acids is 2. The highest BCUT2D eigenvalue weighted by molar-refractivity contribution is 6.05. The lowest BCUT2D eigenvalue weighted by Crippen LogP contribution is -2.17. The van der Waals surface area contributed by atoms with Crippen molar-refractivity contribution in [3.8, 4) is 28.8 Å². The molecule has 0 unspecified atom stereocenters. The van der Waals surface area contributed by atoms with Crippen LogP contribution in [0.4, 0.5) is 23.7 Å². The first-order valence-electron chi connectivity index (χ1n) is 23.3. The zero-order chi connectivity index (χ0) is 54.7. The van der Waals surface area contributed by atoms with Crippen LogP contribution in [0.5, 0.6) is 17.4 Å². The monoisotopic (exact) mass is 1030 g/mol. The second kappa shape index (κ2) is 26.1. The van der Waals surface area contributed by atoms with E-state index in [0.29, 0.717) is 58.1 Å². The molecule has 0 fully saturated rings. The van der Waals surface area contributed by atoms with E-state index in [9.17, 15) is 19.2 Å². The van der Waals surface area contributed by atoms with Gasteiger partial charge in [-0.05, 0) is 99.1 Å². The molecule has 10 rings (SSSR count). The Hall–Kier alpha value is -11.0. The van der Waals surface area contributed by atoms with Crippen LogP contribution < -0.4 is 31.6 Å². The maximum absolute atomic E-state index is 12.4. The van der Waals surface area contributed by atoms with Crippen LogP contribution in [0, 0.1) is 20.8 Å². The zero-order valence-electron chi connectivity index (χ0n) is 41.5. The molecule has 0 bridgehead atoms. The standard InChI is InChI=1S/C21H20N4O2.C14H10O5.C12H10N4O.C9H9N5/c1-13-6-4-8-16(10-13)19(26)23-18-12-15(3)22-21(24-18)25-20(27)17-9-5-7-14(2)11-17;15-13(16)9-1-5-11(6-2-9)19-12-7-3-10(4-8-12)14(17)18;1-2-4-9(5-3-1)6-17-12-10-11(14-7-13-10)15-8-16-12;10-8-12-7(13-9(11)14-8)6-4-2-1-3-5-6/h4-12H,1-3H3,(H2,22,23,24,25,26,27);1-8H,(H,15,16)(H,17,18);1-5,7-8H,6H2,(H,13,14,15,16);1-5H,(H4,10,11,12,13,14). The van der Waals surface area contributed by atoms with Gasteiger partial charge in [-0.2, -0.15) is 24.9 Å². The Morgan fingerprint density at radius 2 is 1.10 bits per heavy atom. The van der Waals surface area contributed by atoms with E-state index in [-0.39, 0.29) is 40.8 Å². The highest BCUT2D eigenvalue weighted by atomic mass is 16.5. The number of rotatable bonds is 12. The summed E-state index contributed by atoms with van der Waals surface area (Å²) in [5, 5.41) is 22.9. The Balaban J connectivity index is 0.000000154. The number of H-pyrrole nitrogens is 1. The number of nitrogens with one attached hydrogen (secondary N) is 3. The predicted octanol–water partition coefficient (Wildman–Crippen LogP) is 9.42. The number of nitrogens with two attached hydrogens (primary N) is 2. The van der Waals surface area contributed by atoms with Crippen LogP contribution in [0.3, 0.4) is 0 Å². The maximum Gasteiger partial charge on any atom is 0.335 e. The lowest BCUT2D eigenvalue weighted by atomic mass is 10.1. The number of amides is 2. The van der Waals surface area contributed by atoms with Crippen LogP contribution in [0.25, 0.3) is 22.6 Å². The summed E-state index contributed by atoms with van der Waals surface area (Å²) in [6.07, 6.45) is 3.03. The van der Waals surface area contributed by atoms with Gasteiger partial charge in [-0.1, -0.05) is 96.1 Å². The minimum absolute atomic E-state index is 0.136. The number of aryl methyl sites for hydroxylation is 3. The molecule has 4 heterocycles. The summed E-state index contributed by atoms with van der Waals surface area (Å²) >= 11 is 0. The Morgan fingerprint density at radius 3 is 1.65 bits per heavy atom. The summed E-state index contributed by atoms with van der Waals surface area (Å²) in [4.78, 5) is 81.4. The third-order valence-electron chi connectivity index (χ3n) is 10.4. The average molecular weight is 1030 g/mol. The first-order valence-corrected chi connectivity index (χ1v) is 23.3. The van der Waals surface area contributed by atoms with Crippen molar-refractivity contribution in [3.05, 3.63) is 221 Å². The van der Waals surface area contributed by atoms with E-state index in [0.717, 1.165) is 27.8 Å². The molecule has 0 aliphatic heterocycles. The van der Waals surface area contributed by atoms with Gasteiger partial charge in [-0.3, -0.25) is 14.9 Å². The van der Waals surface area contributed by atoms with Gasteiger partial charge in [0.2, 0.25) is 23.7 Å². The fraction of sp³-hybridized carbons (Fsp3) is 0.0714. The molecule has 4 aromatic heterocycles. The van der Waals surface area contributed by atoms with E-state index in [2.05, 4.69) is 55.5 Å². The summed E-state index contributed by atoms with van der Waals surface area (Å²) in [6.45, 7) is 6.09. The molecule has 386 valence electrons. The number of hydrogen-bond donors (Lipinski definition) is 7. The lowest BCUT2D eigenvalue weighted by Gasteiger charge is -2.09. The average Bonchev–Trinajstić information content (AvgIpc) is 3.92. The molecule has 0 atom stereocenters. The van der Waals surface area contributed by atoms with Crippen LogP contribution in [-0.2, 0) is 6.61 Å². The number of carbonyl (C=O) groups excluding carboxylic acids is 2. The summed E-state index contributed by atoms with van der Waals surface area (Å²) in [7, 11) is 0. The molecule has 10 aromatic rings. The molecule has 0 saturated heterocycles. The van der Waals surface area contributed by atoms with Gasteiger partial charge >= 0.3 is 11.9 Å². The summed E-state index contributed by atoms with van der Waals surface area (Å²) in [5.41, 5.74) is 18.2. The Labute approximate surface area is 440 Å². The van der Waals surface area contributed by atoms with E-state index in [1.807, 2.05) is 98.8 Å². The highest BCUT2D eigenvalue weighted by Crippen LogP contribution is 2.23. The highest BCUT2D eigenvalue weighted by Gasteiger charge is 2.13. The molecule has 0 aliphatic carbocycles. The van der Waals surface area contributed by atoms with Crippen LogP contribution in [0.15, 0.2) is 176 Å². The van der Waals surface area contributed by atoms with Crippen molar-refractivity contribution in [1.29, 1.82) is 0 Å². The fourth-order valence-corrected chi connectivity index (χ4v) is 6.79. The molecule has 0 radical (unpaired) electrons. The number of nitrogen functional groups attached to an aromatic ring is 2. The Kier molecular flexibility index (Phi) is 18.3. The van der Waals surface area contributed by atoms with Crippen molar-refractivity contribution in [3.63, 3.8) is 0 Å². The first-order chi connectivity index (χ1) is 37.1. The van der Waals surface area contributed by atoms with Crippen LogP contribution in [0.1, 0.15) is 63.8 Å². The van der Waals surface area contributed by atoms with Crippen molar-refractivity contribution in [2.24, 2.45) is 0 Å². The number of ether oxygens (including phenoxy) is 2. The Morgan fingerprint density at radius 1 is 0.558 bits per heavy atom. The number of benzene rings is 6. The molecule has 9 N–H and O–H groups in total. The molecule has 0 spiro atoms. The van der Waals surface area contributed by atoms with Crippen molar-refractivity contribution >= 4 is 58.6 Å². The number of aromatic amines is 1. The largest absolute Gasteiger partial charge is 0.478 e. The number of carboxylic acid groups (broad SMARTS) is 2. The molecule has 77 heavy (non-hydrogen) atoms. The normalized spacial score (nSPS) is 10.2. The van der Waals surface area contributed by atoms with Crippen LogP contribution >= 0.6 is 0 Å². The molecule has 0 aliphatic rings. The smallest absolute Gasteiger partial charge is 0.335 e. The number of anilines is 4. The van der Waals surface area contributed by atoms with E-state index >= 15 is 0 Å². The number of carbonyl (C=O) groups is 4.